The van der Waals surface area contributed by atoms with E-state index in [0.717, 1.165) is 12.8 Å². The van der Waals surface area contributed by atoms with Crippen LogP contribution in [0.1, 0.15) is 76.7 Å². The average Bonchev–Trinajstić information content (AvgIpc) is 3.11. The molecule has 0 amide bonds. The fourth-order valence-corrected chi connectivity index (χ4v) is 9.68. The van der Waals surface area contributed by atoms with Crippen LogP contribution < -0.4 is 0 Å². The van der Waals surface area contributed by atoms with Crippen LogP contribution in [0.5, 0.6) is 0 Å². The van der Waals surface area contributed by atoms with Gasteiger partial charge >= 0.3 is 0 Å². The lowest BCUT2D eigenvalue weighted by atomic mass is 10.0. The number of benzene rings is 5. The Bertz CT molecular complexity index is 1670. The molecule has 0 aromatic heterocycles. The Hall–Kier alpha value is -3.29. The van der Waals surface area contributed by atoms with Crippen molar-refractivity contribution in [2.75, 3.05) is 0 Å². The summed E-state index contributed by atoms with van der Waals surface area (Å²) < 4.78 is 33.5. The Morgan fingerprint density at radius 3 is 1.56 bits per heavy atom. The van der Waals surface area contributed by atoms with E-state index in [4.69, 9.17) is 0 Å². The number of hydrogen-bond donors (Lipinski definition) is 0. The van der Waals surface area contributed by atoms with E-state index in [2.05, 4.69) is 122 Å². The Labute approximate surface area is 296 Å². The fourth-order valence-electron chi connectivity index (χ4n) is 5.58. The lowest BCUT2D eigenvalue weighted by Gasteiger charge is -2.12. The van der Waals surface area contributed by atoms with Crippen LogP contribution in [0.3, 0.4) is 0 Å². The molecular formula is C42H48O3S3. The van der Waals surface area contributed by atoms with E-state index >= 15 is 0 Å². The number of hydrogen-bond acceptors (Lipinski definition) is 4. The van der Waals surface area contributed by atoms with Gasteiger partial charge in [0.1, 0.15) is 21.0 Å². The summed E-state index contributed by atoms with van der Waals surface area (Å²) >= 11 is 1.84. The predicted octanol–water partition coefficient (Wildman–Crippen LogP) is 12.0. The third-order valence-electron chi connectivity index (χ3n) is 8.04. The van der Waals surface area contributed by atoms with Crippen molar-refractivity contribution < 1.29 is 13.0 Å². The largest absolute Gasteiger partial charge is 0.744 e. The van der Waals surface area contributed by atoms with Crippen LogP contribution in [0.4, 0.5) is 0 Å². The molecule has 0 aliphatic carbocycles. The van der Waals surface area contributed by atoms with Gasteiger partial charge in [-0.15, -0.1) is 0 Å². The van der Waals surface area contributed by atoms with Gasteiger partial charge in [-0.25, -0.2) is 8.42 Å². The highest BCUT2D eigenvalue weighted by molar-refractivity contribution is 8.01. The third kappa shape index (κ3) is 12.6. The zero-order valence-electron chi connectivity index (χ0n) is 28.0. The molecule has 0 bridgehead atoms. The van der Waals surface area contributed by atoms with Gasteiger partial charge in [0.2, 0.25) is 0 Å². The van der Waals surface area contributed by atoms with E-state index in [1.165, 1.54) is 81.9 Å². The summed E-state index contributed by atoms with van der Waals surface area (Å²) in [5, 5.41) is 0. The van der Waals surface area contributed by atoms with Gasteiger partial charge in [-0.3, -0.25) is 0 Å². The molecule has 0 unspecified atom stereocenters. The van der Waals surface area contributed by atoms with Crippen LogP contribution in [0.15, 0.2) is 169 Å². The third-order valence-corrected chi connectivity index (χ3v) is 12.5. The topological polar surface area (TPSA) is 57.2 Å². The van der Waals surface area contributed by atoms with Crippen molar-refractivity contribution in [3.05, 3.63) is 145 Å². The van der Waals surface area contributed by atoms with Gasteiger partial charge < -0.3 is 4.55 Å². The van der Waals surface area contributed by atoms with Gasteiger partial charge in [-0.05, 0) is 73.0 Å². The van der Waals surface area contributed by atoms with E-state index in [-0.39, 0.29) is 15.8 Å². The van der Waals surface area contributed by atoms with Gasteiger partial charge in [0.05, 0.1) is 9.79 Å². The molecule has 0 aliphatic rings. The molecule has 0 atom stereocenters. The summed E-state index contributed by atoms with van der Waals surface area (Å²) in [4.78, 5) is 6.60. The summed E-state index contributed by atoms with van der Waals surface area (Å²) in [6, 6.07) is 47.6. The molecule has 0 spiro atoms. The van der Waals surface area contributed by atoms with Crippen LogP contribution in [0, 0.1) is 0 Å². The molecule has 5 aromatic carbocycles. The first-order chi connectivity index (χ1) is 23.5. The summed E-state index contributed by atoms with van der Waals surface area (Å²) in [5.74, 6) is 0. The second kappa shape index (κ2) is 20.9. The molecule has 0 fully saturated rings. The van der Waals surface area contributed by atoms with Crippen LogP contribution in [-0.2, 0) is 27.4 Å². The SMILES string of the molecule is CCCCCCCCCCCCc1ccccc1S(=O)(=O)[O-].c1ccc(Sc2ccccc2[S+](c2ccccc2)c2ccccc2)cc1. The minimum Gasteiger partial charge on any atom is -0.744 e. The summed E-state index contributed by atoms with van der Waals surface area (Å²) in [6.07, 6.45) is 13.2. The van der Waals surface area contributed by atoms with E-state index in [1.54, 1.807) is 18.2 Å². The molecule has 0 N–H and O–H groups in total. The Balaban J connectivity index is 0.000000221. The molecule has 0 heterocycles. The van der Waals surface area contributed by atoms with E-state index in [1.807, 2.05) is 11.8 Å². The first kappa shape index (κ1) is 37.5. The molecule has 252 valence electrons. The normalized spacial score (nSPS) is 11.2. The van der Waals surface area contributed by atoms with E-state index in [9.17, 15) is 13.0 Å². The maximum absolute atomic E-state index is 11.2. The number of rotatable bonds is 17. The standard InChI is InChI=1S/C24H19S2.C18H30O3S/c1-4-12-20(13-5-1)25-23-18-10-11-19-24(23)26(21-14-6-2-7-15-21)22-16-8-3-9-17-22;1-2-3-4-5-6-7-8-9-10-11-14-17-15-12-13-16-18(17)22(19,20)21/h1-19H;12-13,15-16H,2-11,14H2,1H3,(H,19,20,21)/q+1;/p-1. The molecule has 48 heavy (non-hydrogen) atoms. The smallest absolute Gasteiger partial charge is 0.180 e. The lowest BCUT2D eigenvalue weighted by Crippen LogP contribution is -2.05. The molecule has 5 aromatic rings. The zero-order chi connectivity index (χ0) is 33.9. The molecule has 0 saturated carbocycles. The van der Waals surface area contributed by atoms with Crippen molar-refractivity contribution in [2.45, 2.75) is 107 Å². The van der Waals surface area contributed by atoms with Crippen LogP contribution in [0.25, 0.3) is 0 Å². The molecule has 3 nitrogen and oxygen atoms in total. The monoisotopic (exact) mass is 696 g/mol. The minimum absolute atomic E-state index is 0.0501. The lowest BCUT2D eigenvalue weighted by molar-refractivity contribution is 0.461. The molecule has 5 rings (SSSR count). The molecule has 0 saturated heterocycles. The van der Waals surface area contributed by atoms with Crippen LogP contribution in [-0.4, -0.2) is 13.0 Å². The van der Waals surface area contributed by atoms with Crippen molar-refractivity contribution in [1.82, 2.24) is 0 Å². The van der Waals surface area contributed by atoms with Crippen LogP contribution in [0.2, 0.25) is 0 Å². The summed E-state index contributed by atoms with van der Waals surface area (Å²) in [6.45, 7) is 2.23. The zero-order valence-corrected chi connectivity index (χ0v) is 30.5. The molecule has 6 heteroatoms. The predicted molar refractivity (Wildman–Crippen MR) is 202 cm³/mol. The van der Waals surface area contributed by atoms with Crippen molar-refractivity contribution >= 4 is 32.8 Å². The van der Waals surface area contributed by atoms with Crippen molar-refractivity contribution in [1.29, 1.82) is 0 Å². The maximum Gasteiger partial charge on any atom is 0.180 e. The number of unbranched alkanes of at least 4 members (excludes halogenated alkanes) is 9. The van der Waals surface area contributed by atoms with E-state index in [0.29, 0.717) is 12.0 Å². The Kier molecular flexibility index (Phi) is 16.4. The molecule has 0 aliphatic heterocycles. The molecular weight excluding hydrogens is 649 g/mol. The Morgan fingerprint density at radius 1 is 0.542 bits per heavy atom. The van der Waals surface area contributed by atoms with Crippen LogP contribution >= 0.6 is 11.8 Å². The highest BCUT2D eigenvalue weighted by Crippen LogP contribution is 2.39. The van der Waals surface area contributed by atoms with Gasteiger partial charge in [0.15, 0.2) is 14.7 Å². The van der Waals surface area contributed by atoms with Gasteiger partial charge in [0, 0.05) is 4.90 Å². The second-order valence-corrected chi connectivity index (χ2v) is 16.2. The minimum atomic E-state index is -4.35. The maximum atomic E-state index is 11.2. The highest BCUT2D eigenvalue weighted by Gasteiger charge is 2.31. The van der Waals surface area contributed by atoms with Gasteiger partial charge in [-0.2, -0.15) is 0 Å². The van der Waals surface area contributed by atoms with E-state index < -0.39 is 10.1 Å². The second-order valence-electron chi connectivity index (χ2n) is 11.8. The van der Waals surface area contributed by atoms with Crippen molar-refractivity contribution in [3.8, 4) is 0 Å². The quantitative estimate of drug-likeness (QED) is 0.0552. The summed E-state index contributed by atoms with van der Waals surface area (Å²) in [7, 11) is -4.47. The van der Waals surface area contributed by atoms with Crippen molar-refractivity contribution in [2.24, 2.45) is 0 Å². The summed E-state index contributed by atoms with van der Waals surface area (Å²) in [5.41, 5.74) is 0.664. The molecule has 0 radical (unpaired) electrons. The van der Waals surface area contributed by atoms with Crippen molar-refractivity contribution in [3.63, 3.8) is 0 Å². The van der Waals surface area contributed by atoms with Gasteiger partial charge in [-0.1, -0.05) is 161 Å². The Morgan fingerprint density at radius 2 is 1.00 bits per heavy atom. The number of aryl methyl sites for hydroxylation is 1. The highest BCUT2D eigenvalue weighted by atomic mass is 32.2. The average molecular weight is 697 g/mol. The first-order valence-corrected chi connectivity index (χ1v) is 20.6. The fraction of sp³-hybridized carbons (Fsp3) is 0.286. The van der Waals surface area contributed by atoms with Gasteiger partial charge in [0.25, 0.3) is 0 Å². The first-order valence-electron chi connectivity index (χ1n) is 17.2.